The van der Waals surface area contributed by atoms with E-state index >= 15 is 0 Å². The maximum atomic E-state index is 10.7. The van der Waals surface area contributed by atoms with Gasteiger partial charge in [0.2, 0.25) is 0 Å². The van der Waals surface area contributed by atoms with Crippen molar-refractivity contribution in [3.8, 4) is 0 Å². The monoisotopic (exact) mass is 274 g/mol. The van der Waals surface area contributed by atoms with Crippen molar-refractivity contribution in [3.05, 3.63) is 40.4 Å². The van der Waals surface area contributed by atoms with E-state index < -0.39 is 5.97 Å². The number of halogens is 2. The Balaban J connectivity index is 3.07. The molecule has 0 saturated heterocycles. The van der Waals surface area contributed by atoms with Crippen LogP contribution in [-0.4, -0.2) is 16.4 Å². The van der Waals surface area contributed by atoms with Crippen LogP contribution in [0.15, 0.2) is 29.8 Å². The van der Waals surface area contributed by atoms with Gasteiger partial charge in [0.25, 0.3) is 0 Å². The van der Waals surface area contributed by atoms with Gasteiger partial charge in [-0.05, 0) is 17.7 Å². The molecule has 74 valence electrons. The summed E-state index contributed by atoms with van der Waals surface area (Å²) in [4.78, 5) is 10.7. The normalized spacial score (nSPS) is 11.4. The number of rotatable bonds is 3. The third kappa shape index (κ3) is 2.86. The molecule has 0 aliphatic heterocycles. The van der Waals surface area contributed by atoms with Gasteiger partial charge in [0.05, 0.1) is 0 Å². The van der Waals surface area contributed by atoms with Gasteiger partial charge in [-0.2, -0.15) is 0 Å². The lowest BCUT2D eigenvalue weighted by atomic mass is 10.1. The molecule has 1 aromatic rings. The minimum absolute atomic E-state index is 0.276. The van der Waals surface area contributed by atoms with Gasteiger partial charge in [0.1, 0.15) is 0 Å². The Kier molecular flexibility index (Phi) is 4.17. The van der Waals surface area contributed by atoms with E-state index in [2.05, 4.69) is 15.9 Å². The fraction of sp³-hybridized carbons (Fsp3) is 0.100. The minimum atomic E-state index is -0.943. The highest BCUT2D eigenvalue weighted by Gasteiger charge is 2.06. The van der Waals surface area contributed by atoms with E-state index in [9.17, 15) is 4.79 Å². The van der Waals surface area contributed by atoms with Gasteiger partial charge in [0, 0.05) is 15.9 Å². The standard InChI is InChI=1S/C10H8BrClO2/c11-6-8(10(13)14)5-7-3-1-2-4-9(7)12/h1-5H,6H2,(H,13,14)/b8-5+. The molecule has 0 bridgehead atoms. The van der Waals surface area contributed by atoms with Crippen molar-refractivity contribution in [2.75, 3.05) is 5.33 Å². The lowest BCUT2D eigenvalue weighted by Crippen LogP contribution is -2.01. The first-order chi connectivity index (χ1) is 6.65. The lowest BCUT2D eigenvalue weighted by molar-refractivity contribution is -0.132. The Morgan fingerprint density at radius 1 is 1.50 bits per heavy atom. The Morgan fingerprint density at radius 3 is 2.64 bits per heavy atom. The molecule has 0 aromatic heterocycles. The molecule has 1 aromatic carbocycles. The van der Waals surface area contributed by atoms with Crippen LogP contribution < -0.4 is 0 Å². The summed E-state index contributed by atoms with van der Waals surface area (Å²) in [5, 5.41) is 9.63. The molecule has 1 N–H and O–H groups in total. The van der Waals surface area contributed by atoms with Crippen molar-refractivity contribution in [1.29, 1.82) is 0 Å². The molecule has 0 aliphatic carbocycles. The highest BCUT2D eigenvalue weighted by Crippen LogP contribution is 2.18. The first-order valence-electron chi connectivity index (χ1n) is 3.89. The molecule has 0 aliphatic rings. The van der Waals surface area contributed by atoms with Gasteiger partial charge >= 0.3 is 5.97 Å². The minimum Gasteiger partial charge on any atom is -0.478 e. The van der Waals surface area contributed by atoms with Crippen LogP contribution in [0.25, 0.3) is 6.08 Å². The number of carbonyl (C=O) groups is 1. The fourth-order valence-corrected chi connectivity index (χ4v) is 1.53. The molecule has 0 fully saturated rings. The molecule has 0 heterocycles. The van der Waals surface area contributed by atoms with Gasteiger partial charge in [-0.3, -0.25) is 0 Å². The van der Waals surface area contributed by atoms with E-state index in [-0.39, 0.29) is 5.57 Å². The quantitative estimate of drug-likeness (QED) is 0.679. The molecule has 0 amide bonds. The molecule has 14 heavy (non-hydrogen) atoms. The Morgan fingerprint density at radius 2 is 2.14 bits per heavy atom. The topological polar surface area (TPSA) is 37.3 Å². The van der Waals surface area contributed by atoms with Crippen LogP contribution in [0.3, 0.4) is 0 Å². The van der Waals surface area contributed by atoms with Gasteiger partial charge in [-0.15, -0.1) is 0 Å². The summed E-state index contributed by atoms with van der Waals surface area (Å²) >= 11 is 8.98. The number of benzene rings is 1. The average Bonchev–Trinajstić information content (AvgIpc) is 2.16. The second-order valence-electron chi connectivity index (χ2n) is 2.63. The van der Waals surface area contributed by atoms with Crippen LogP contribution in [0.1, 0.15) is 5.56 Å². The molecule has 2 nitrogen and oxygen atoms in total. The average molecular weight is 276 g/mol. The van der Waals surface area contributed by atoms with E-state index in [1.807, 2.05) is 6.07 Å². The molecular weight excluding hydrogens is 267 g/mol. The van der Waals surface area contributed by atoms with Crippen LogP contribution >= 0.6 is 27.5 Å². The van der Waals surface area contributed by atoms with E-state index in [0.717, 1.165) is 0 Å². The summed E-state index contributed by atoms with van der Waals surface area (Å²) in [6.07, 6.45) is 1.55. The lowest BCUT2D eigenvalue weighted by Gasteiger charge is -1.99. The third-order valence-electron chi connectivity index (χ3n) is 1.65. The van der Waals surface area contributed by atoms with Crippen LogP contribution in [0.4, 0.5) is 0 Å². The smallest absolute Gasteiger partial charge is 0.332 e. The molecule has 0 atom stereocenters. The first kappa shape index (κ1) is 11.3. The SMILES string of the molecule is O=C(O)/C(=C/c1ccccc1Cl)CBr. The zero-order valence-electron chi connectivity index (χ0n) is 7.21. The molecule has 1 rings (SSSR count). The number of hydrogen-bond acceptors (Lipinski definition) is 1. The summed E-state index contributed by atoms with van der Waals surface area (Å²) in [6.45, 7) is 0. The predicted molar refractivity (Wildman–Crippen MR) is 60.9 cm³/mol. The molecule has 0 radical (unpaired) electrons. The zero-order chi connectivity index (χ0) is 10.6. The maximum Gasteiger partial charge on any atom is 0.332 e. The fourth-order valence-electron chi connectivity index (χ4n) is 0.937. The second kappa shape index (κ2) is 5.17. The van der Waals surface area contributed by atoms with Gasteiger partial charge in [0.15, 0.2) is 0 Å². The van der Waals surface area contributed by atoms with Crippen LogP contribution in [-0.2, 0) is 4.79 Å². The van der Waals surface area contributed by atoms with E-state index in [4.69, 9.17) is 16.7 Å². The van der Waals surface area contributed by atoms with Gasteiger partial charge < -0.3 is 5.11 Å². The van der Waals surface area contributed by atoms with Gasteiger partial charge in [-0.25, -0.2) is 4.79 Å². The van der Waals surface area contributed by atoms with Crippen LogP contribution in [0, 0.1) is 0 Å². The number of aliphatic carboxylic acids is 1. The van der Waals surface area contributed by atoms with E-state index in [1.54, 1.807) is 24.3 Å². The molecule has 0 saturated carbocycles. The van der Waals surface area contributed by atoms with Gasteiger partial charge in [-0.1, -0.05) is 45.7 Å². The van der Waals surface area contributed by atoms with Crippen molar-refractivity contribution in [1.82, 2.24) is 0 Å². The molecular formula is C10H8BrClO2. The highest BCUT2D eigenvalue weighted by molar-refractivity contribution is 9.09. The predicted octanol–water partition coefficient (Wildman–Crippen LogP) is 3.20. The number of carboxylic acids is 1. The largest absolute Gasteiger partial charge is 0.478 e. The van der Waals surface area contributed by atoms with Crippen LogP contribution in [0.2, 0.25) is 5.02 Å². The second-order valence-corrected chi connectivity index (χ2v) is 3.60. The molecule has 4 heteroatoms. The molecule has 0 unspecified atom stereocenters. The third-order valence-corrected chi connectivity index (χ3v) is 2.60. The summed E-state index contributed by atoms with van der Waals surface area (Å²) in [7, 11) is 0. The number of hydrogen-bond donors (Lipinski definition) is 1. The number of alkyl halides is 1. The Bertz CT molecular complexity index is 374. The van der Waals surface area contributed by atoms with Crippen LogP contribution in [0.5, 0.6) is 0 Å². The van der Waals surface area contributed by atoms with Crippen molar-refractivity contribution >= 4 is 39.6 Å². The summed E-state index contributed by atoms with van der Waals surface area (Å²) in [5.41, 5.74) is 0.990. The maximum absolute atomic E-state index is 10.7. The summed E-state index contributed by atoms with van der Waals surface area (Å²) in [5.74, 6) is -0.943. The molecule has 0 spiro atoms. The number of carboxylic acid groups (broad SMARTS) is 1. The Hall–Kier alpha value is -0.800. The summed E-state index contributed by atoms with van der Waals surface area (Å²) in [6, 6.07) is 7.11. The highest BCUT2D eigenvalue weighted by atomic mass is 79.9. The van der Waals surface area contributed by atoms with Crippen molar-refractivity contribution in [2.24, 2.45) is 0 Å². The van der Waals surface area contributed by atoms with Crippen molar-refractivity contribution < 1.29 is 9.90 Å². The zero-order valence-corrected chi connectivity index (χ0v) is 9.55. The van der Waals surface area contributed by atoms with E-state index in [0.29, 0.717) is 15.9 Å². The van der Waals surface area contributed by atoms with Crippen molar-refractivity contribution in [3.63, 3.8) is 0 Å². The first-order valence-corrected chi connectivity index (χ1v) is 5.39. The van der Waals surface area contributed by atoms with E-state index in [1.165, 1.54) is 0 Å². The van der Waals surface area contributed by atoms with Crippen molar-refractivity contribution in [2.45, 2.75) is 0 Å². The Labute approximate surface area is 95.3 Å². The summed E-state index contributed by atoms with van der Waals surface area (Å²) < 4.78 is 0.